The first-order valence-electron chi connectivity index (χ1n) is 18.9. The first-order valence-corrected chi connectivity index (χ1v) is 18.9. The van der Waals surface area contributed by atoms with Gasteiger partial charge in [-0.2, -0.15) is 0 Å². The molecule has 8 aromatic carbocycles. The fourth-order valence-electron chi connectivity index (χ4n) is 8.15. The van der Waals surface area contributed by atoms with Crippen LogP contribution >= 0.6 is 0 Å². The maximum Gasteiger partial charge on any atom is 0.164 e. The number of aromatic nitrogens is 5. The topological polar surface area (TPSA) is 48.5 Å². The summed E-state index contributed by atoms with van der Waals surface area (Å²) in [4.78, 5) is 14.8. The van der Waals surface area contributed by atoms with Crippen LogP contribution in [0.5, 0.6) is 0 Å². The molecule has 0 N–H and O–H groups in total. The average molecular weight is 716 g/mol. The molecule has 0 spiro atoms. The van der Waals surface area contributed by atoms with Gasteiger partial charge in [-0.1, -0.05) is 146 Å². The Hall–Kier alpha value is -7.63. The zero-order valence-corrected chi connectivity index (χ0v) is 30.3. The molecule has 0 saturated heterocycles. The van der Waals surface area contributed by atoms with Crippen molar-refractivity contribution >= 4 is 43.5 Å². The van der Waals surface area contributed by atoms with Gasteiger partial charge in [-0.3, -0.25) is 0 Å². The Morgan fingerprint density at radius 2 is 0.839 bits per heavy atom. The summed E-state index contributed by atoms with van der Waals surface area (Å²) in [6.07, 6.45) is 2.18. The zero-order chi connectivity index (χ0) is 37.0. The van der Waals surface area contributed by atoms with Crippen LogP contribution in [0.4, 0.5) is 0 Å². The number of benzene rings is 8. The van der Waals surface area contributed by atoms with E-state index in [2.05, 4.69) is 149 Å². The maximum absolute atomic E-state index is 4.97. The van der Waals surface area contributed by atoms with E-state index >= 15 is 0 Å². The van der Waals surface area contributed by atoms with Crippen LogP contribution in [0.15, 0.2) is 200 Å². The minimum Gasteiger partial charge on any atom is -0.317 e. The van der Waals surface area contributed by atoms with Gasteiger partial charge in [0.1, 0.15) is 0 Å². The highest BCUT2D eigenvalue weighted by Gasteiger charge is 2.18. The highest BCUT2D eigenvalue weighted by atomic mass is 15.0. The molecule has 0 bridgehead atoms. The number of rotatable bonds is 6. The van der Waals surface area contributed by atoms with Crippen LogP contribution in [0.1, 0.15) is 0 Å². The van der Waals surface area contributed by atoms with E-state index in [1.807, 2.05) is 60.7 Å². The Morgan fingerprint density at radius 3 is 1.55 bits per heavy atom. The molecule has 0 aliphatic rings. The summed E-state index contributed by atoms with van der Waals surface area (Å²) in [5.74, 6) is 1.94. The minimum absolute atomic E-state index is 0.640. The predicted octanol–water partition coefficient (Wildman–Crippen LogP) is 12.7. The fourth-order valence-corrected chi connectivity index (χ4v) is 8.15. The third-order valence-electron chi connectivity index (χ3n) is 10.8. The standard InChI is InChI=1S/C51H33N5/c1-4-13-35(14-5-1)49-52-50(36-15-6-2-7-16-36)54-51(53-49)38-18-12-17-37(33-38)34-23-25-40(26-24-34)56-47-22-11-10-21-42(47)45-28-27-41-43-31-32-55(39-19-8-3-9-20-39)46(43)30-29-44(41)48(45)56/h1-33H. The highest BCUT2D eigenvalue weighted by molar-refractivity contribution is 6.23. The Balaban J connectivity index is 1.02. The average Bonchev–Trinajstić information content (AvgIpc) is 3.87. The van der Waals surface area contributed by atoms with E-state index in [1.54, 1.807) is 0 Å². The van der Waals surface area contributed by atoms with Gasteiger partial charge in [0.15, 0.2) is 17.5 Å². The molecule has 0 aliphatic carbocycles. The maximum atomic E-state index is 4.97. The van der Waals surface area contributed by atoms with Gasteiger partial charge in [0.25, 0.3) is 0 Å². The molecule has 0 amide bonds. The quantitative estimate of drug-likeness (QED) is 0.172. The van der Waals surface area contributed by atoms with Crippen molar-refractivity contribution in [1.29, 1.82) is 0 Å². The molecule has 0 saturated carbocycles. The van der Waals surface area contributed by atoms with Crippen LogP contribution in [0, 0.1) is 0 Å². The summed E-state index contributed by atoms with van der Waals surface area (Å²) in [7, 11) is 0. The van der Waals surface area contributed by atoms with Crippen LogP contribution in [0.3, 0.4) is 0 Å². The normalized spacial score (nSPS) is 11.6. The van der Waals surface area contributed by atoms with Crippen molar-refractivity contribution in [2.45, 2.75) is 0 Å². The third kappa shape index (κ3) is 5.29. The van der Waals surface area contributed by atoms with Gasteiger partial charge in [-0.15, -0.1) is 0 Å². The number of fused-ring (bicyclic) bond motifs is 7. The van der Waals surface area contributed by atoms with E-state index in [0.717, 1.165) is 39.2 Å². The predicted molar refractivity (Wildman–Crippen MR) is 230 cm³/mol. The molecule has 5 nitrogen and oxygen atoms in total. The van der Waals surface area contributed by atoms with Crippen molar-refractivity contribution in [2.75, 3.05) is 0 Å². The molecular weight excluding hydrogens is 683 g/mol. The lowest BCUT2D eigenvalue weighted by atomic mass is 10.0. The number of nitrogens with zero attached hydrogens (tertiary/aromatic N) is 5. The fraction of sp³-hybridized carbons (Fsp3) is 0. The first kappa shape index (κ1) is 31.9. The molecule has 3 aromatic heterocycles. The van der Waals surface area contributed by atoms with Crippen molar-refractivity contribution in [3.05, 3.63) is 200 Å². The van der Waals surface area contributed by atoms with Crippen molar-refractivity contribution in [3.8, 4) is 56.7 Å². The molecule has 11 aromatic rings. The molecule has 0 aliphatic heterocycles. The summed E-state index contributed by atoms with van der Waals surface area (Å²) in [6.45, 7) is 0. The SMILES string of the molecule is c1ccc(-c2nc(-c3ccccc3)nc(-c3cccc(-c4ccc(-n5c6ccccc6c6ccc7c8ccn(-c9ccccc9)c8ccc7c65)cc4)c3)n2)cc1. The number of para-hydroxylation sites is 2. The molecule has 0 atom stereocenters. The Labute approximate surface area is 323 Å². The number of hydrogen-bond donors (Lipinski definition) is 0. The van der Waals surface area contributed by atoms with Crippen LogP contribution in [-0.2, 0) is 0 Å². The van der Waals surface area contributed by atoms with Gasteiger partial charge < -0.3 is 9.13 Å². The van der Waals surface area contributed by atoms with Crippen molar-refractivity contribution < 1.29 is 0 Å². The molecule has 0 fully saturated rings. The minimum atomic E-state index is 0.640. The van der Waals surface area contributed by atoms with Crippen molar-refractivity contribution in [1.82, 2.24) is 24.1 Å². The van der Waals surface area contributed by atoms with E-state index in [1.165, 1.54) is 43.5 Å². The summed E-state index contributed by atoms with van der Waals surface area (Å²) < 4.78 is 4.70. The largest absolute Gasteiger partial charge is 0.317 e. The lowest BCUT2D eigenvalue weighted by Gasteiger charge is -2.12. The van der Waals surface area contributed by atoms with Gasteiger partial charge in [0.05, 0.1) is 16.6 Å². The highest BCUT2D eigenvalue weighted by Crippen LogP contribution is 2.40. The Bertz CT molecular complexity index is 3160. The molecule has 11 rings (SSSR count). The lowest BCUT2D eigenvalue weighted by Crippen LogP contribution is -2.00. The molecule has 56 heavy (non-hydrogen) atoms. The molecule has 0 unspecified atom stereocenters. The molecule has 3 heterocycles. The van der Waals surface area contributed by atoms with E-state index in [9.17, 15) is 0 Å². The second-order valence-corrected chi connectivity index (χ2v) is 14.1. The van der Waals surface area contributed by atoms with Gasteiger partial charge in [0, 0.05) is 55.8 Å². The van der Waals surface area contributed by atoms with Gasteiger partial charge >= 0.3 is 0 Å². The zero-order valence-electron chi connectivity index (χ0n) is 30.3. The van der Waals surface area contributed by atoms with Crippen LogP contribution in [-0.4, -0.2) is 24.1 Å². The van der Waals surface area contributed by atoms with E-state index in [4.69, 9.17) is 15.0 Å². The second-order valence-electron chi connectivity index (χ2n) is 14.1. The lowest BCUT2D eigenvalue weighted by molar-refractivity contribution is 1.07. The summed E-state index contributed by atoms with van der Waals surface area (Å²) >= 11 is 0. The summed E-state index contributed by atoms with van der Waals surface area (Å²) in [5, 5.41) is 6.20. The summed E-state index contributed by atoms with van der Waals surface area (Å²) in [5.41, 5.74) is 10.9. The first-order chi connectivity index (χ1) is 27.8. The molecule has 0 radical (unpaired) electrons. The van der Waals surface area contributed by atoms with Crippen LogP contribution in [0.2, 0.25) is 0 Å². The molecular formula is C51H33N5. The monoisotopic (exact) mass is 715 g/mol. The number of hydrogen-bond acceptors (Lipinski definition) is 3. The molecule has 262 valence electrons. The van der Waals surface area contributed by atoms with E-state index in [0.29, 0.717) is 17.5 Å². The summed E-state index contributed by atoms with van der Waals surface area (Å²) in [6, 6.07) is 68.2. The third-order valence-corrected chi connectivity index (χ3v) is 10.8. The van der Waals surface area contributed by atoms with Crippen LogP contribution in [0.25, 0.3) is 100 Å². The Kier molecular flexibility index (Phi) is 7.42. The molecule has 5 heteroatoms. The smallest absolute Gasteiger partial charge is 0.164 e. The van der Waals surface area contributed by atoms with Gasteiger partial charge in [-0.05, 0) is 65.0 Å². The van der Waals surface area contributed by atoms with E-state index < -0.39 is 0 Å². The van der Waals surface area contributed by atoms with Crippen molar-refractivity contribution in [2.24, 2.45) is 0 Å². The van der Waals surface area contributed by atoms with Gasteiger partial charge in [0.2, 0.25) is 0 Å². The second kappa shape index (κ2) is 13.0. The Morgan fingerprint density at radius 1 is 0.304 bits per heavy atom. The van der Waals surface area contributed by atoms with Crippen molar-refractivity contribution in [3.63, 3.8) is 0 Å². The van der Waals surface area contributed by atoms with Gasteiger partial charge in [-0.25, -0.2) is 15.0 Å². The van der Waals surface area contributed by atoms with E-state index in [-0.39, 0.29) is 0 Å². The van der Waals surface area contributed by atoms with Crippen LogP contribution < -0.4 is 0 Å².